The number of ether oxygens (including phenoxy) is 2. The molecule has 0 bridgehead atoms. The number of methoxy groups -OCH3 is 2. The maximum Gasteiger partial charge on any atom is 0.254 e. The topological polar surface area (TPSA) is 67.9 Å². The van der Waals surface area contributed by atoms with Crippen LogP contribution in [0.3, 0.4) is 0 Å². The third-order valence-electron chi connectivity index (χ3n) is 6.33. The zero-order valence-electron chi connectivity index (χ0n) is 18.6. The lowest BCUT2D eigenvalue weighted by atomic mass is 9.75. The fourth-order valence-corrected chi connectivity index (χ4v) is 4.73. The Balaban J connectivity index is 1.81. The van der Waals surface area contributed by atoms with Crippen LogP contribution in [0.2, 0.25) is 0 Å². The van der Waals surface area contributed by atoms with Crippen LogP contribution in [0.25, 0.3) is 0 Å². The van der Waals surface area contributed by atoms with Gasteiger partial charge in [0, 0.05) is 18.7 Å². The Kier molecular flexibility index (Phi) is 5.90. The van der Waals surface area contributed by atoms with E-state index in [-0.39, 0.29) is 17.9 Å². The lowest BCUT2D eigenvalue weighted by Gasteiger charge is -2.45. The summed E-state index contributed by atoms with van der Waals surface area (Å²) in [6, 6.07) is 11.0. The molecule has 0 fully saturated rings. The molecule has 2 aliphatic rings. The lowest BCUT2D eigenvalue weighted by molar-refractivity contribution is -0.124. The van der Waals surface area contributed by atoms with Crippen molar-refractivity contribution >= 4 is 11.8 Å². The molecule has 2 unspecified atom stereocenters. The standard InChI is InChI=1S/C25H30N2O4/c1-15(2)9-11-26-24(28)22-17-7-5-6-8-18(17)25(29)27-12-10-16-13-20(30-3)21(31-4)14-19(16)23(22)27/h5-8,13-15,22-23H,9-12H2,1-4H3,(H,26,28). The maximum atomic E-state index is 13.5. The van der Waals surface area contributed by atoms with E-state index in [1.807, 2.05) is 41.3 Å². The molecule has 2 aromatic carbocycles. The first-order valence-electron chi connectivity index (χ1n) is 10.9. The molecule has 1 N–H and O–H groups in total. The number of carbonyl (C=O) groups excluding carboxylic acids is 2. The number of hydrogen-bond acceptors (Lipinski definition) is 4. The van der Waals surface area contributed by atoms with Gasteiger partial charge in [-0.1, -0.05) is 32.0 Å². The summed E-state index contributed by atoms with van der Waals surface area (Å²) in [5.41, 5.74) is 3.45. The van der Waals surface area contributed by atoms with Crippen molar-refractivity contribution in [2.45, 2.75) is 38.6 Å². The first-order chi connectivity index (χ1) is 15.0. The Hall–Kier alpha value is -3.02. The molecule has 2 atom stereocenters. The second-order valence-electron chi connectivity index (χ2n) is 8.64. The number of nitrogens with zero attached hydrogens (tertiary/aromatic N) is 1. The van der Waals surface area contributed by atoms with Gasteiger partial charge in [0.15, 0.2) is 11.5 Å². The summed E-state index contributed by atoms with van der Waals surface area (Å²) < 4.78 is 11.0. The quantitative estimate of drug-likeness (QED) is 0.771. The molecular weight excluding hydrogens is 392 g/mol. The molecule has 2 amide bonds. The second kappa shape index (κ2) is 8.61. The fraction of sp³-hybridized carbons (Fsp3) is 0.440. The van der Waals surface area contributed by atoms with Gasteiger partial charge in [-0.2, -0.15) is 0 Å². The van der Waals surface area contributed by atoms with Gasteiger partial charge in [0.25, 0.3) is 5.91 Å². The van der Waals surface area contributed by atoms with Gasteiger partial charge in [-0.3, -0.25) is 9.59 Å². The van der Waals surface area contributed by atoms with E-state index < -0.39 is 5.92 Å². The molecule has 0 aliphatic carbocycles. The van der Waals surface area contributed by atoms with Crippen molar-refractivity contribution in [1.82, 2.24) is 10.2 Å². The van der Waals surface area contributed by atoms with Crippen LogP contribution in [0, 0.1) is 5.92 Å². The zero-order valence-corrected chi connectivity index (χ0v) is 18.6. The minimum atomic E-state index is -0.474. The van der Waals surface area contributed by atoms with Crippen molar-refractivity contribution < 1.29 is 19.1 Å². The summed E-state index contributed by atoms with van der Waals surface area (Å²) in [6.45, 7) is 5.46. The van der Waals surface area contributed by atoms with Crippen LogP contribution >= 0.6 is 0 Å². The predicted molar refractivity (Wildman–Crippen MR) is 119 cm³/mol. The summed E-state index contributed by atoms with van der Waals surface area (Å²) in [6.07, 6.45) is 1.62. The Morgan fingerprint density at radius 2 is 1.84 bits per heavy atom. The Bertz CT molecular complexity index is 1000. The Morgan fingerprint density at radius 3 is 2.55 bits per heavy atom. The molecule has 2 aromatic rings. The molecule has 6 heteroatoms. The van der Waals surface area contributed by atoms with Gasteiger partial charge in [-0.15, -0.1) is 0 Å². The highest BCUT2D eigenvalue weighted by Gasteiger charge is 2.46. The minimum Gasteiger partial charge on any atom is -0.493 e. The largest absolute Gasteiger partial charge is 0.493 e. The van der Waals surface area contributed by atoms with Crippen molar-refractivity contribution in [3.05, 3.63) is 58.7 Å². The van der Waals surface area contributed by atoms with E-state index in [2.05, 4.69) is 19.2 Å². The average Bonchev–Trinajstić information content (AvgIpc) is 2.77. The van der Waals surface area contributed by atoms with Crippen LogP contribution in [0.4, 0.5) is 0 Å². The number of carbonyl (C=O) groups is 2. The number of nitrogens with one attached hydrogen (secondary N) is 1. The molecule has 0 spiro atoms. The summed E-state index contributed by atoms with van der Waals surface area (Å²) in [7, 11) is 3.22. The van der Waals surface area contributed by atoms with Gasteiger partial charge >= 0.3 is 0 Å². The van der Waals surface area contributed by atoms with E-state index in [1.54, 1.807) is 14.2 Å². The summed E-state index contributed by atoms with van der Waals surface area (Å²) in [5.74, 6) is 1.23. The average molecular weight is 423 g/mol. The van der Waals surface area contributed by atoms with E-state index in [4.69, 9.17) is 9.47 Å². The van der Waals surface area contributed by atoms with Crippen molar-refractivity contribution in [3.63, 3.8) is 0 Å². The molecule has 6 nitrogen and oxygen atoms in total. The predicted octanol–water partition coefficient (Wildman–Crippen LogP) is 3.70. The zero-order chi connectivity index (χ0) is 22.1. The third kappa shape index (κ3) is 3.75. The smallest absolute Gasteiger partial charge is 0.254 e. The van der Waals surface area contributed by atoms with Crippen LogP contribution in [0.15, 0.2) is 36.4 Å². The van der Waals surface area contributed by atoms with Crippen molar-refractivity contribution in [2.75, 3.05) is 27.3 Å². The number of fused-ring (bicyclic) bond motifs is 4. The van der Waals surface area contributed by atoms with E-state index in [9.17, 15) is 9.59 Å². The van der Waals surface area contributed by atoms with Crippen molar-refractivity contribution in [1.29, 1.82) is 0 Å². The van der Waals surface area contributed by atoms with E-state index in [0.29, 0.717) is 42.5 Å². The maximum absolute atomic E-state index is 13.5. The molecule has 0 radical (unpaired) electrons. The van der Waals surface area contributed by atoms with Gasteiger partial charge < -0.3 is 19.7 Å². The van der Waals surface area contributed by atoms with Crippen molar-refractivity contribution in [2.24, 2.45) is 5.92 Å². The number of hydrogen-bond donors (Lipinski definition) is 1. The molecule has 0 aromatic heterocycles. The molecule has 4 rings (SSSR count). The highest BCUT2D eigenvalue weighted by atomic mass is 16.5. The molecule has 0 saturated heterocycles. The van der Waals surface area contributed by atoms with Gasteiger partial charge in [-0.05, 0) is 53.6 Å². The molecule has 2 heterocycles. The molecule has 31 heavy (non-hydrogen) atoms. The Morgan fingerprint density at radius 1 is 1.13 bits per heavy atom. The van der Waals surface area contributed by atoms with Gasteiger partial charge in [0.05, 0.1) is 26.2 Å². The monoisotopic (exact) mass is 422 g/mol. The normalized spacial score (nSPS) is 19.4. The van der Waals surface area contributed by atoms with Gasteiger partial charge in [-0.25, -0.2) is 0 Å². The summed E-state index contributed by atoms with van der Waals surface area (Å²) in [4.78, 5) is 28.7. The molecule has 0 saturated carbocycles. The molecule has 2 aliphatic heterocycles. The van der Waals surface area contributed by atoms with E-state index in [0.717, 1.165) is 23.1 Å². The van der Waals surface area contributed by atoms with Gasteiger partial charge in [0.2, 0.25) is 5.91 Å². The number of benzene rings is 2. The number of rotatable bonds is 6. The number of amides is 2. The first kappa shape index (κ1) is 21.2. The van der Waals surface area contributed by atoms with Crippen LogP contribution in [-0.4, -0.2) is 44.0 Å². The minimum absolute atomic E-state index is 0.0211. The van der Waals surface area contributed by atoms with E-state index in [1.165, 1.54) is 0 Å². The lowest BCUT2D eigenvalue weighted by Crippen LogP contribution is -2.50. The second-order valence-corrected chi connectivity index (χ2v) is 8.64. The van der Waals surface area contributed by atoms with Crippen LogP contribution in [-0.2, 0) is 11.2 Å². The summed E-state index contributed by atoms with van der Waals surface area (Å²) in [5, 5.41) is 3.12. The highest BCUT2D eigenvalue weighted by molar-refractivity contribution is 6.01. The van der Waals surface area contributed by atoms with E-state index >= 15 is 0 Å². The Labute approximate surface area is 183 Å². The SMILES string of the molecule is COc1cc2c(cc1OC)C1C(C(=O)NCCC(C)C)c3ccccc3C(=O)N1CC2. The van der Waals surface area contributed by atoms with Crippen LogP contribution in [0.1, 0.15) is 59.3 Å². The van der Waals surface area contributed by atoms with Crippen LogP contribution in [0.5, 0.6) is 11.5 Å². The molecule has 164 valence electrons. The first-order valence-corrected chi connectivity index (χ1v) is 10.9. The van der Waals surface area contributed by atoms with Crippen molar-refractivity contribution in [3.8, 4) is 11.5 Å². The van der Waals surface area contributed by atoms with Crippen LogP contribution < -0.4 is 14.8 Å². The third-order valence-corrected chi connectivity index (χ3v) is 6.33. The fourth-order valence-electron chi connectivity index (χ4n) is 4.73. The highest BCUT2D eigenvalue weighted by Crippen LogP contribution is 2.48. The summed E-state index contributed by atoms with van der Waals surface area (Å²) >= 11 is 0. The van der Waals surface area contributed by atoms with Gasteiger partial charge in [0.1, 0.15) is 0 Å². The molecular formula is C25H30N2O4.